The van der Waals surface area contributed by atoms with Gasteiger partial charge in [0.1, 0.15) is 36.1 Å². The summed E-state index contributed by atoms with van der Waals surface area (Å²) in [5.74, 6) is 1.19. The van der Waals surface area contributed by atoms with E-state index in [1.54, 1.807) is 12.1 Å². The number of fused-ring (bicyclic) bond motifs is 1. The molecule has 29 heavy (non-hydrogen) atoms. The molecule has 0 saturated carbocycles. The summed E-state index contributed by atoms with van der Waals surface area (Å²) in [6.07, 6.45) is 0. The van der Waals surface area contributed by atoms with Crippen molar-refractivity contribution in [3.05, 3.63) is 82.0 Å². The van der Waals surface area contributed by atoms with Gasteiger partial charge in [-0.05, 0) is 29.8 Å². The van der Waals surface area contributed by atoms with Crippen LogP contribution in [0.2, 0.25) is 0 Å². The van der Waals surface area contributed by atoms with Gasteiger partial charge in [0, 0.05) is 10.9 Å². The largest absolute Gasteiger partial charge is 0.488 e. The first-order valence-electron chi connectivity index (χ1n) is 9.35. The van der Waals surface area contributed by atoms with Gasteiger partial charge in [0.15, 0.2) is 5.82 Å². The number of nitrogens with one attached hydrogen (secondary N) is 2. The third-order valence-corrected chi connectivity index (χ3v) is 5.53. The second-order valence-electron chi connectivity index (χ2n) is 6.89. The van der Waals surface area contributed by atoms with E-state index in [2.05, 4.69) is 9.97 Å². The van der Waals surface area contributed by atoms with E-state index in [0.29, 0.717) is 29.2 Å². The zero-order valence-corrected chi connectivity index (χ0v) is 16.8. The number of aromatic amines is 1. The van der Waals surface area contributed by atoms with Crippen molar-refractivity contribution in [3.8, 4) is 16.9 Å². The van der Waals surface area contributed by atoms with Crippen molar-refractivity contribution in [1.82, 2.24) is 9.97 Å². The monoisotopic (exact) mass is 410 g/mol. The second-order valence-corrected chi connectivity index (χ2v) is 7.75. The van der Waals surface area contributed by atoms with Crippen LogP contribution in [0.1, 0.15) is 5.82 Å². The van der Waals surface area contributed by atoms with Crippen molar-refractivity contribution in [3.63, 3.8) is 0 Å². The van der Waals surface area contributed by atoms with Gasteiger partial charge in [-0.25, -0.2) is 9.37 Å². The molecule has 5 nitrogen and oxygen atoms in total. The Balaban J connectivity index is 1.46. The summed E-state index contributed by atoms with van der Waals surface area (Å²) in [4.78, 5) is 22.1. The maximum atomic E-state index is 13.2. The van der Waals surface area contributed by atoms with E-state index in [0.717, 1.165) is 23.4 Å². The summed E-state index contributed by atoms with van der Waals surface area (Å²) in [6.45, 7) is 1.95. The first kappa shape index (κ1) is 19.3. The standard InChI is InChI=1S/C22H20FN3O2S/c1-26(11-12-28-17-5-3-2-4-6-17)13-19-24-21(27)20-18(14-29-22(20)25-19)15-7-9-16(23)10-8-15/h2-10,14H,11-13H2,1H3,(H,24,25,27)/p+1. The van der Waals surface area contributed by atoms with Crippen LogP contribution in [0.5, 0.6) is 5.75 Å². The van der Waals surface area contributed by atoms with Gasteiger partial charge in [-0.1, -0.05) is 30.3 Å². The molecular weight excluding hydrogens is 389 g/mol. The Kier molecular flexibility index (Phi) is 5.69. The van der Waals surface area contributed by atoms with E-state index in [1.165, 1.54) is 28.4 Å². The van der Waals surface area contributed by atoms with Gasteiger partial charge in [-0.15, -0.1) is 11.3 Å². The molecule has 0 aliphatic heterocycles. The molecule has 2 heterocycles. The van der Waals surface area contributed by atoms with Crippen molar-refractivity contribution >= 4 is 21.6 Å². The van der Waals surface area contributed by atoms with Gasteiger partial charge >= 0.3 is 0 Å². The molecule has 0 fully saturated rings. The highest BCUT2D eigenvalue weighted by molar-refractivity contribution is 7.17. The number of nitrogens with zero attached hydrogens (tertiary/aromatic N) is 1. The summed E-state index contributed by atoms with van der Waals surface area (Å²) in [6, 6.07) is 15.8. The summed E-state index contributed by atoms with van der Waals surface area (Å²) in [7, 11) is 2.04. The number of hydrogen-bond acceptors (Lipinski definition) is 4. The molecule has 0 aliphatic carbocycles. The van der Waals surface area contributed by atoms with Crippen LogP contribution in [0.25, 0.3) is 21.3 Å². The van der Waals surface area contributed by atoms with Gasteiger partial charge in [0.05, 0.1) is 12.4 Å². The molecule has 1 unspecified atom stereocenters. The van der Waals surface area contributed by atoms with Crippen molar-refractivity contribution in [2.24, 2.45) is 0 Å². The Labute approximate surface area is 171 Å². The van der Waals surface area contributed by atoms with Crippen LogP contribution in [0.15, 0.2) is 64.8 Å². The number of para-hydroxylation sites is 1. The predicted octanol–water partition coefficient (Wildman–Crippen LogP) is 2.88. The molecule has 2 aromatic carbocycles. The molecule has 148 valence electrons. The van der Waals surface area contributed by atoms with Gasteiger partial charge in [-0.2, -0.15) is 0 Å². The zero-order chi connectivity index (χ0) is 20.2. The molecular formula is C22H21FN3O2S+. The summed E-state index contributed by atoms with van der Waals surface area (Å²) >= 11 is 1.42. The number of hydrogen-bond donors (Lipinski definition) is 2. The lowest BCUT2D eigenvalue weighted by atomic mass is 10.1. The first-order valence-corrected chi connectivity index (χ1v) is 10.2. The zero-order valence-electron chi connectivity index (χ0n) is 15.9. The summed E-state index contributed by atoms with van der Waals surface area (Å²) in [5, 5.41) is 2.45. The number of thiophene rings is 1. The Bertz CT molecular complexity index is 1160. The number of likely N-dealkylation sites (N-methyl/N-ethyl adjacent to an activating group) is 1. The lowest BCUT2D eigenvalue weighted by molar-refractivity contribution is -0.894. The molecule has 4 rings (SSSR count). The normalized spacial score (nSPS) is 12.2. The van der Waals surface area contributed by atoms with E-state index in [4.69, 9.17) is 4.74 Å². The van der Waals surface area contributed by atoms with E-state index >= 15 is 0 Å². The lowest BCUT2D eigenvalue weighted by Gasteiger charge is -2.14. The minimum atomic E-state index is -0.301. The summed E-state index contributed by atoms with van der Waals surface area (Å²) in [5.41, 5.74) is 1.42. The molecule has 0 amide bonds. The fourth-order valence-electron chi connectivity index (χ4n) is 3.15. The lowest BCUT2D eigenvalue weighted by Crippen LogP contribution is -3.08. The molecule has 0 spiro atoms. The highest BCUT2D eigenvalue weighted by Gasteiger charge is 2.15. The highest BCUT2D eigenvalue weighted by Crippen LogP contribution is 2.30. The number of halogens is 1. The summed E-state index contributed by atoms with van der Waals surface area (Å²) < 4.78 is 18.9. The molecule has 4 aromatic rings. The average molecular weight is 410 g/mol. The molecule has 1 atom stereocenters. The van der Waals surface area contributed by atoms with Crippen LogP contribution in [-0.4, -0.2) is 30.2 Å². The van der Waals surface area contributed by atoms with Gasteiger partial charge < -0.3 is 14.6 Å². The van der Waals surface area contributed by atoms with E-state index in [1.807, 2.05) is 42.8 Å². The van der Waals surface area contributed by atoms with Gasteiger partial charge in [0.2, 0.25) is 0 Å². The maximum Gasteiger partial charge on any atom is 0.260 e. The van der Waals surface area contributed by atoms with Gasteiger partial charge in [0.25, 0.3) is 5.56 Å². The van der Waals surface area contributed by atoms with Crippen LogP contribution in [-0.2, 0) is 6.54 Å². The minimum absolute atomic E-state index is 0.168. The van der Waals surface area contributed by atoms with Crippen LogP contribution in [0.3, 0.4) is 0 Å². The van der Waals surface area contributed by atoms with Crippen molar-refractivity contribution < 1.29 is 14.0 Å². The van der Waals surface area contributed by atoms with E-state index < -0.39 is 0 Å². The Morgan fingerprint density at radius 2 is 1.90 bits per heavy atom. The number of benzene rings is 2. The van der Waals surface area contributed by atoms with Crippen molar-refractivity contribution in [2.45, 2.75) is 6.54 Å². The van der Waals surface area contributed by atoms with Crippen molar-refractivity contribution in [2.75, 3.05) is 20.2 Å². The Morgan fingerprint density at radius 3 is 2.66 bits per heavy atom. The average Bonchev–Trinajstić information content (AvgIpc) is 3.14. The SMILES string of the molecule is C[NH+](CCOc1ccccc1)Cc1nc2scc(-c3ccc(F)cc3)c2c(=O)[nH]1. The van der Waals surface area contributed by atoms with E-state index in [9.17, 15) is 9.18 Å². The fourth-order valence-corrected chi connectivity index (χ4v) is 4.12. The van der Waals surface area contributed by atoms with Crippen molar-refractivity contribution in [1.29, 1.82) is 0 Å². The topological polar surface area (TPSA) is 59.4 Å². The Morgan fingerprint density at radius 1 is 1.14 bits per heavy atom. The van der Waals surface area contributed by atoms with Gasteiger partial charge in [-0.3, -0.25) is 4.79 Å². The molecule has 7 heteroatoms. The predicted molar refractivity (Wildman–Crippen MR) is 113 cm³/mol. The maximum absolute atomic E-state index is 13.2. The highest BCUT2D eigenvalue weighted by atomic mass is 32.1. The fraction of sp³-hybridized carbons (Fsp3) is 0.182. The van der Waals surface area contributed by atoms with E-state index in [-0.39, 0.29) is 11.4 Å². The number of H-pyrrole nitrogens is 1. The Hall–Kier alpha value is -3.03. The number of rotatable bonds is 7. The van der Waals surface area contributed by atoms with Crippen LogP contribution < -0.4 is 15.2 Å². The molecule has 2 aromatic heterocycles. The molecule has 0 saturated heterocycles. The molecule has 2 N–H and O–H groups in total. The minimum Gasteiger partial charge on any atom is -0.488 e. The molecule has 0 bridgehead atoms. The number of aromatic nitrogens is 2. The third-order valence-electron chi connectivity index (χ3n) is 4.66. The molecule has 0 aliphatic rings. The number of ether oxygens (including phenoxy) is 1. The quantitative estimate of drug-likeness (QED) is 0.493. The third kappa shape index (κ3) is 4.52. The first-order chi connectivity index (χ1) is 14.1. The molecule has 0 radical (unpaired) electrons. The van der Waals surface area contributed by atoms with Crippen LogP contribution in [0.4, 0.5) is 4.39 Å². The second kappa shape index (κ2) is 8.55. The van der Waals surface area contributed by atoms with Crippen LogP contribution >= 0.6 is 11.3 Å². The smallest absolute Gasteiger partial charge is 0.260 e. The number of quaternary nitrogens is 1. The van der Waals surface area contributed by atoms with Crippen LogP contribution in [0, 0.1) is 5.82 Å².